The van der Waals surface area contributed by atoms with Crippen molar-refractivity contribution in [1.82, 2.24) is 14.9 Å². The predicted octanol–water partition coefficient (Wildman–Crippen LogP) is 2.78. The van der Waals surface area contributed by atoms with Gasteiger partial charge < -0.3 is 15.5 Å². The van der Waals surface area contributed by atoms with Gasteiger partial charge in [0.05, 0.1) is 0 Å². The number of hydrogen-bond acceptors (Lipinski definition) is 5. The zero-order valence-electron chi connectivity index (χ0n) is 13.7. The first-order chi connectivity index (χ1) is 9.47. The van der Waals surface area contributed by atoms with Gasteiger partial charge in [-0.2, -0.15) is 0 Å². The van der Waals surface area contributed by atoms with Gasteiger partial charge in [0.1, 0.15) is 18.0 Å². The van der Waals surface area contributed by atoms with Crippen LogP contribution in [0, 0.1) is 0 Å². The van der Waals surface area contributed by atoms with Crippen molar-refractivity contribution in [2.45, 2.75) is 46.1 Å². The molecule has 0 aliphatic carbocycles. The summed E-state index contributed by atoms with van der Waals surface area (Å²) in [5.41, 5.74) is 1.17. The molecular weight excluding hydrogens is 250 g/mol. The Balaban J connectivity index is 2.88. The minimum Gasteiger partial charge on any atom is -0.370 e. The minimum atomic E-state index is 0.382. The molecule has 1 aromatic rings. The van der Waals surface area contributed by atoms with Crippen LogP contribution in [0.15, 0.2) is 6.33 Å². The van der Waals surface area contributed by atoms with Gasteiger partial charge in [0.15, 0.2) is 0 Å². The van der Waals surface area contributed by atoms with Gasteiger partial charge in [-0.25, -0.2) is 9.97 Å². The summed E-state index contributed by atoms with van der Waals surface area (Å²) in [6.07, 6.45) is 2.72. The summed E-state index contributed by atoms with van der Waals surface area (Å²) >= 11 is 0. The number of aromatic nitrogens is 2. The molecule has 0 aliphatic rings. The standard InChI is InChI=1S/C15H29N5/c1-7-8-16-14-13(11(2)3)15(19-10-18-14)17-9-12(4)20(5)6/h10-12H,7-9H2,1-6H3,(H2,16,17,18,19). The number of hydrogen-bond donors (Lipinski definition) is 2. The second-order valence-electron chi connectivity index (χ2n) is 5.76. The molecule has 0 spiro atoms. The van der Waals surface area contributed by atoms with E-state index in [4.69, 9.17) is 0 Å². The van der Waals surface area contributed by atoms with Crippen LogP contribution < -0.4 is 10.6 Å². The average molecular weight is 279 g/mol. The van der Waals surface area contributed by atoms with E-state index in [0.717, 1.165) is 31.1 Å². The van der Waals surface area contributed by atoms with Crippen LogP contribution in [0.25, 0.3) is 0 Å². The lowest BCUT2D eigenvalue weighted by molar-refractivity contribution is 0.326. The Morgan fingerprint density at radius 3 is 2.20 bits per heavy atom. The van der Waals surface area contributed by atoms with Crippen LogP contribution in [-0.2, 0) is 0 Å². The van der Waals surface area contributed by atoms with Gasteiger partial charge in [-0.1, -0.05) is 20.8 Å². The van der Waals surface area contributed by atoms with E-state index in [0.29, 0.717) is 12.0 Å². The molecule has 0 saturated carbocycles. The normalized spacial score (nSPS) is 12.8. The lowest BCUT2D eigenvalue weighted by Crippen LogP contribution is -2.32. The summed E-state index contributed by atoms with van der Waals surface area (Å²) in [4.78, 5) is 11.0. The van der Waals surface area contributed by atoms with Crippen molar-refractivity contribution in [2.75, 3.05) is 37.8 Å². The largest absolute Gasteiger partial charge is 0.370 e. The Kier molecular flexibility index (Phi) is 6.71. The number of anilines is 2. The molecular formula is C15H29N5. The SMILES string of the molecule is CCCNc1ncnc(NCC(C)N(C)C)c1C(C)C. The number of likely N-dealkylation sites (N-methyl/N-ethyl adjacent to an activating group) is 1. The van der Waals surface area contributed by atoms with E-state index in [1.165, 1.54) is 5.56 Å². The molecule has 1 unspecified atom stereocenters. The third kappa shape index (κ3) is 4.63. The van der Waals surface area contributed by atoms with Gasteiger partial charge in [0, 0.05) is 24.7 Å². The zero-order valence-corrected chi connectivity index (χ0v) is 13.7. The fourth-order valence-electron chi connectivity index (χ4n) is 1.89. The highest BCUT2D eigenvalue weighted by Gasteiger charge is 2.15. The molecule has 0 radical (unpaired) electrons. The topological polar surface area (TPSA) is 53.1 Å². The third-order valence-corrected chi connectivity index (χ3v) is 3.45. The highest BCUT2D eigenvalue weighted by atomic mass is 15.1. The molecule has 0 aliphatic heterocycles. The fraction of sp³-hybridized carbons (Fsp3) is 0.733. The highest BCUT2D eigenvalue weighted by Crippen LogP contribution is 2.28. The van der Waals surface area contributed by atoms with Crippen molar-refractivity contribution in [3.8, 4) is 0 Å². The molecule has 0 saturated heterocycles. The molecule has 1 atom stereocenters. The fourth-order valence-corrected chi connectivity index (χ4v) is 1.89. The summed E-state index contributed by atoms with van der Waals surface area (Å²) in [6, 6.07) is 0.456. The first kappa shape index (κ1) is 16.7. The molecule has 1 heterocycles. The third-order valence-electron chi connectivity index (χ3n) is 3.45. The van der Waals surface area contributed by atoms with Crippen molar-refractivity contribution in [3.05, 3.63) is 11.9 Å². The van der Waals surface area contributed by atoms with E-state index in [2.05, 4.69) is 67.3 Å². The van der Waals surface area contributed by atoms with E-state index in [-0.39, 0.29) is 0 Å². The lowest BCUT2D eigenvalue weighted by Gasteiger charge is -2.22. The molecule has 5 heteroatoms. The van der Waals surface area contributed by atoms with E-state index in [1.807, 2.05) is 0 Å². The van der Waals surface area contributed by atoms with E-state index >= 15 is 0 Å². The summed E-state index contributed by atoms with van der Waals surface area (Å²) in [5, 5.41) is 6.85. The lowest BCUT2D eigenvalue weighted by atomic mass is 10.0. The molecule has 0 bridgehead atoms. The summed E-state index contributed by atoms with van der Waals surface area (Å²) < 4.78 is 0. The maximum Gasteiger partial charge on any atom is 0.135 e. The second-order valence-corrected chi connectivity index (χ2v) is 5.76. The van der Waals surface area contributed by atoms with Gasteiger partial charge in [0.25, 0.3) is 0 Å². The van der Waals surface area contributed by atoms with Crippen LogP contribution in [0.1, 0.15) is 45.6 Å². The molecule has 1 rings (SSSR count). The first-order valence-corrected chi connectivity index (χ1v) is 7.46. The van der Waals surface area contributed by atoms with Crippen molar-refractivity contribution in [1.29, 1.82) is 0 Å². The molecule has 20 heavy (non-hydrogen) atoms. The summed E-state index contributed by atoms with van der Waals surface area (Å²) in [6.45, 7) is 10.5. The minimum absolute atomic E-state index is 0.382. The maximum absolute atomic E-state index is 4.42. The van der Waals surface area contributed by atoms with Crippen LogP contribution in [0.2, 0.25) is 0 Å². The van der Waals surface area contributed by atoms with Crippen molar-refractivity contribution >= 4 is 11.6 Å². The summed E-state index contributed by atoms with van der Waals surface area (Å²) in [7, 11) is 4.17. The predicted molar refractivity (Wildman–Crippen MR) is 86.5 cm³/mol. The molecule has 0 amide bonds. The Labute approximate surface area is 123 Å². The molecule has 114 valence electrons. The average Bonchev–Trinajstić information content (AvgIpc) is 2.41. The van der Waals surface area contributed by atoms with Crippen LogP contribution in [-0.4, -0.2) is 48.1 Å². The van der Waals surface area contributed by atoms with Gasteiger partial charge >= 0.3 is 0 Å². The number of rotatable bonds is 8. The first-order valence-electron chi connectivity index (χ1n) is 7.46. The molecule has 0 fully saturated rings. The van der Waals surface area contributed by atoms with Crippen LogP contribution in [0.4, 0.5) is 11.6 Å². The van der Waals surface area contributed by atoms with Crippen molar-refractivity contribution in [3.63, 3.8) is 0 Å². The molecule has 0 aromatic carbocycles. The highest BCUT2D eigenvalue weighted by molar-refractivity contribution is 5.59. The zero-order chi connectivity index (χ0) is 15.1. The smallest absolute Gasteiger partial charge is 0.135 e. The van der Waals surface area contributed by atoms with Crippen LogP contribution in [0.3, 0.4) is 0 Å². The summed E-state index contributed by atoms with van der Waals surface area (Å²) in [5.74, 6) is 2.28. The Morgan fingerprint density at radius 1 is 1.10 bits per heavy atom. The Morgan fingerprint density at radius 2 is 1.70 bits per heavy atom. The van der Waals surface area contributed by atoms with Gasteiger partial charge in [-0.05, 0) is 33.4 Å². The van der Waals surface area contributed by atoms with Gasteiger partial charge in [-0.3, -0.25) is 0 Å². The molecule has 5 nitrogen and oxygen atoms in total. The van der Waals surface area contributed by atoms with E-state index < -0.39 is 0 Å². The van der Waals surface area contributed by atoms with Gasteiger partial charge in [-0.15, -0.1) is 0 Å². The monoisotopic (exact) mass is 279 g/mol. The van der Waals surface area contributed by atoms with Crippen molar-refractivity contribution < 1.29 is 0 Å². The maximum atomic E-state index is 4.42. The quantitative estimate of drug-likeness (QED) is 0.766. The van der Waals surface area contributed by atoms with Crippen LogP contribution >= 0.6 is 0 Å². The van der Waals surface area contributed by atoms with Gasteiger partial charge in [0.2, 0.25) is 0 Å². The number of nitrogens with zero attached hydrogens (tertiary/aromatic N) is 3. The number of nitrogens with one attached hydrogen (secondary N) is 2. The molecule has 1 aromatic heterocycles. The molecule has 2 N–H and O–H groups in total. The van der Waals surface area contributed by atoms with Crippen LogP contribution in [0.5, 0.6) is 0 Å². The van der Waals surface area contributed by atoms with Crippen molar-refractivity contribution in [2.24, 2.45) is 0 Å². The Hall–Kier alpha value is -1.36. The second kappa shape index (κ2) is 8.04. The Bertz CT molecular complexity index is 403. The van der Waals surface area contributed by atoms with E-state index in [9.17, 15) is 0 Å². The van der Waals surface area contributed by atoms with E-state index in [1.54, 1.807) is 6.33 Å².